The summed E-state index contributed by atoms with van der Waals surface area (Å²) in [5.41, 5.74) is 0. The number of nitrogens with zero attached hydrogens (tertiary/aromatic N) is 5. The minimum atomic E-state index is 0. The first-order valence-corrected chi connectivity index (χ1v) is 7.09. The molecule has 0 heterocycles. The molecule has 0 unspecified atom stereocenters. The zero-order chi connectivity index (χ0) is 15.7. The van der Waals surface area contributed by atoms with Gasteiger partial charge in [0, 0.05) is 27.2 Å². The van der Waals surface area contributed by atoms with Crippen molar-refractivity contribution in [2.75, 3.05) is 75.0 Å². The fourth-order valence-corrected chi connectivity index (χ4v) is 0.783. The second kappa shape index (κ2) is 24.7. The third-order valence-electron chi connectivity index (χ3n) is 2.59. The van der Waals surface area contributed by atoms with Crippen molar-refractivity contribution in [1.29, 1.82) is 0 Å². The minimum Gasteiger partial charge on any atom is -0.665 e. The van der Waals surface area contributed by atoms with E-state index in [2.05, 4.69) is 53.5 Å². The number of rotatable bonds is 7. The average molecular weight is 367 g/mol. The van der Waals surface area contributed by atoms with Gasteiger partial charge in [-0.15, -0.1) is 6.54 Å². The van der Waals surface area contributed by atoms with Gasteiger partial charge in [0.2, 0.25) is 0 Å². The van der Waals surface area contributed by atoms with Crippen molar-refractivity contribution in [1.82, 2.24) is 14.9 Å². The standard InChI is InChI=1S/C6H16N2.C5H13N2.C3H8N.Zr/c1-5-7(3)8(4)6-2;1-6-4-5-7(2)3;1-3-4-2;/h5-6H2,1-4H3;4-5H2,1-3H3;3H2,1-2H3;/q;2*-1;+3. The van der Waals surface area contributed by atoms with E-state index in [1.807, 2.05) is 28.1 Å². The van der Waals surface area contributed by atoms with E-state index in [1.165, 1.54) is 0 Å². The van der Waals surface area contributed by atoms with E-state index < -0.39 is 0 Å². The van der Waals surface area contributed by atoms with E-state index in [0.29, 0.717) is 0 Å². The molecule has 1 radical (unpaired) electrons. The molecule has 121 valence electrons. The molecule has 0 saturated carbocycles. The van der Waals surface area contributed by atoms with Crippen LogP contribution in [0.25, 0.3) is 10.6 Å². The zero-order valence-electron chi connectivity index (χ0n) is 15.3. The summed E-state index contributed by atoms with van der Waals surface area (Å²) >= 11 is 0. The van der Waals surface area contributed by atoms with Gasteiger partial charge in [-0.1, -0.05) is 20.8 Å². The van der Waals surface area contributed by atoms with Crippen LogP contribution in [0.2, 0.25) is 0 Å². The molecular formula is C14H37N5Zr+. The van der Waals surface area contributed by atoms with E-state index >= 15 is 0 Å². The summed E-state index contributed by atoms with van der Waals surface area (Å²) in [5, 5.41) is 12.0. The Labute approximate surface area is 147 Å². The summed E-state index contributed by atoms with van der Waals surface area (Å²) in [5.74, 6) is 0. The first-order valence-electron chi connectivity index (χ1n) is 7.09. The Balaban J connectivity index is -0.0000000986. The first kappa shape index (κ1) is 28.8. The van der Waals surface area contributed by atoms with Gasteiger partial charge < -0.3 is 15.5 Å². The van der Waals surface area contributed by atoms with Gasteiger partial charge in [0.15, 0.2) is 0 Å². The van der Waals surface area contributed by atoms with Gasteiger partial charge in [-0.2, -0.15) is 20.6 Å². The fourth-order valence-electron chi connectivity index (χ4n) is 0.783. The SMILES string of the molecule is CCN(C)N(C)CC.CC[N-]C.C[N-]CCN(C)C.[Zr+3]. The smallest absolute Gasteiger partial charge is 0.665 e. The van der Waals surface area contributed by atoms with Crippen molar-refractivity contribution in [3.63, 3.8) is 0 Å². The number of hydrogen-bond acceptors (Lipinski definition) is 3. The van der Waals surface area contributed by atoms with Gasteiger partial charge in [0.05, 0.1) is 0 Å². The summed E-state index contributed by atoms with van der Waals surface area (Å²) in [7, 11) is 11.9. The van der Waals surface area contributed by atoms with Crippen LogP contribution in [0.5, 0.6) is 0 Å². The quantitative estimate of drug-likeness (QED) is 0.649. The summed E-state index contributed by atoms with van der Waals surface area (Å²) in [6.07, 6.45) is 0. The summed E-state index contributed by atoms with van der Waals surface area (Å²) < 4.78 is 0. The van der Waals surface area contributed by atoms with Gasteiger partial charge in [0.1, 0.15) is 0 Å². The number of likely N-dealkylation sites (N-methyl/N-ethyl adjacent to an activating group) is 2. The molecule has 0 aliphatic heterocycles. The van der Waals surface area contributed by atoms with Gasteiger partial charge in [-0.05, 0) is 20.6 Å². The molecule has 20 heavy (non-hydrogen) atoms. The van der Waals surface area contributed by atoms with Crippen molar-refractivity contribution >= 4 is 0 Å². The molecule has 5 nitrogen and oxygen atoms in total. The van der Waals surface area contributed by atoms with E-state index in [-0.39, 0.29) is 26.2 Å². The molecule has 0 fully saturated rings. The van der Waals surface area contributed by atoms with E-state index in [4.69, 9.17) is 0 Å². The topological polar surface area (TPSA) is 37.9 Å². The molecule has 0 bridgehead atoms. The second-order valence-corrected chi connectivity index (χ2v) is 4.42. The fraction of sp³-hybridized carbons (Fsp3) is 1.00. The van der Waals surface area contributed by atoms with E-state index in [9.17, 15) is 0 Å². The molecule has 0 aromatic carbocycles. The van der Waals surface area contributed by atoms with Gasteiger partial charge in [-0.3, -0.25) is 0 Å². The average Bonchev–Trinajstić information content (AvgIpc) is 2.44. The molecule has 0 saturated heterocycles. The minimum absolute atomic E-state index is 0. The zero-order valence-corrected chi connectivity index (χ0v) is 17.7. The Hall–Kier alpha value is 0.683. The molecule has 0 aromatic rings. The van der Waals surface area contributed by atoms with Gasteiger partial charge >= 0.3 is 26.2 Å². The molecular weight excluding hydrogens is 329 g/mol. The van der Waals surface area contributed by atoms with Crippen molar-refractivity contribution in [3.05, 3.63) is 10.6 Å². The summed E-state index contributed by atoms with van der Waals surface area (Å²) in [4.78, 5) is 2.12. The van der Waals surface area contributed by atoms with Crippen LogP contribution in [0.4, 0.5) is 0 Å². The second-order valence-electron chi connectivity index (χ2n) is 4.42. The Morgan fingerprint density at radius 2 is 1.10 bits per heavy atom. The molecule has 6 heteroatoms. The Morgan fingerprint density at radius 3 is 1.20 bits per heavy atom. The van der Waals surface area contributed by atoms with Crippen molar-refractivity contribution in [2.24, 2.45) is 0 Å². The predicted molar refractivity (Wildman–Crippen MR) is 89.1 cm³/mol. The molecule has 0 aliphatic carbocycles. The monoisotopic (exact) mass is 365 g/mol. The van der Waals surface area contributed by atoms with Crippen LogP contribution in [0.15, 0.2) is 0 Å². The largest absolute Gasteiger partial charge is 3.00 e. The Bertz CT molecular complexity index is 138. The predicted octanol–water partition coefficient (Wildman–Crippen LogP) is 2.36. The maximum absolute atomic E-state index is 3.93. The van der Waals surface area contributed by atoms with Crippen molar-refractivity contribution in [2.45, 2.75) is 20.8 Å². The molecule has 0 atom stereocenters. The third-order valence-corrected chi connectivity index (χ3v) is 2.59. The Morgan fingerprint density at radius 1 is 0.750 bits per heavy atom. The number of hydrogen-bond donors (Lipinski definition) is 0. The molecule has 0 aromatic heterocycles. The Kier molecular flexibility index (Phi) is 35.5. The number of hydrazine groups is 1. The molecule has 0 rings (SSSR count). The third kappa shape index (κ3) is 31.2. The van der Waals surface area contributed by atoms with Crippen LogP contribution in [0.1, 0.15) is 20.8 Å². The maximum atomic E-state index is 3.93. The van der Waals surface area contributed by atoms with Gasteiger partial charge in [0.25, 0.3) is 0 Å². The van der Waals surface area contributed by atoms with Crippen molar-refractivity contribution in [3.8, 4) is 0 Å². The van der Waals surface area contributed by atoms with Crippen LogP contribution >= 0.6 is 0 Å². The summed E-state index contributed by atoms with van der Waals surface area (Å²) in [6, 6.07) is 0. The van der Waals surface area contributed by atoms with E-state index in [0.717, 1.165) is 32.7 Å². The molecule has 0 amide bonds. The van der Waals surface area contributed by atoms with Crippen LogP contribution in [0.3, 0.4) is 0 Å². The van der Waals surface area contributed by atoms with Crippen LogP contribution in [-0.4, -0.2) is 89.9 Å². The van der Waals surface area contributed by atoms with Crippen LogP contribution < -0.4 is 0 Å². The first-order chi connectivity index (χ1) is 8.90. The molecule has 0 spiro atoms. The van der Waals surface area contributed by atoms with Crippen LogP contribution in [-0.2, 0) is 26.2 Å². The van der Waals surface area contributed by atoms with E-state index in [1.54, 1.807) is 7.05 Å². The maximum Gasteiger partial charge on any atom is 3.00 e. The molecule has 0 N–H and O–H groups in total. The molecule has 0 aliphatic rings. The normalized spacial score (nSPS) is 9.60. The van der Waals surface area contributed by atoms with Crippen molar-refractivity contribution < 1.29 is 26.2 Å². The van der Waals surface area contributed by atoms with Gasteiger partial charge in [-0.25, -0.2) is 10.0 Å². The van der Waals surface area contributed by atoms with Crippen LogP contribution in [0, 0.1) is 0 Å². The summed E-state index contributed by atoms with van der Waals surface area (Å²) in [6.45, 7) is 11.4.